The van der Waals surface area contributed by atoms with Gasteiger partial charge in [-0.3, -0.25) is 0 Å². The van der Waals surface area contributed by atoms with Crippen LogP contribution in [0.1, 0.15) is 18.4 Å². The molecule has 1 aliphatic carbocycles. The molecule has 2 nitrogen and oxygen atoms in total. The highest BCUT2D eigenvalue weighted by Gasteiger charge is 2.47. The minimum atomic E-state index is -3.84. The average Bonchev–Trinajstić information content (AvgIpc) is 2.84. The molecule has 0 heterocycles. The molecule has 0 aliphatic heterocycles. The number of hydrogen-bond donors (Lipinski definition) is 0. The second-order valence-electron chi connectivity index (χ2n) is 3.40. The molecule has 0 bridgehead atoms. The van der Waals surface area contributed by atoms with Gasteiger partial charge < -0.3 is 0 Å². The molecule has 1 fully saturated rings. The van der Waals surface area contributed by atoms with Crippen molar-refractivity contribution in [2.24, 2.45) is 0 Å². The van der Waals surface area contributed by atoms with Crippen LogP contribution in [0.5, 0.6) is 0 Å². The molecule has 0 aromatic heterocycles. The third kappa shape index (κ3) is 1.64. The summed E-state index contributed by atoms with van der Waals surface area (Å²) < 4.78 is 36.0. The van der Waals surface area contributed by atoms with Crippen molar-refractivity contribution in [2.75, 3.05) is 0 Å². The van der Waals surface area contributed by atoms with E-state index in [0.717, 1.165) is 0 Å². The zero-order chi connectivity index (χ0) is 10.4. The van der Waals surface area contributed by atoms with Crippen molar-refractivity contribution in [1.82, 2.24) is 0 Å². The smallest absolute Gasteiger partial charge is 0.239 e. The molecule has 0 amide bonds. The zero-order valence-corrected chi connectivity index (χ0v) is 8.78. The Morgan fingerprint density at radius 2 is 1.86 bits per heavy atom. The maximum atomic E-state index is 13.7. The topological polar surface area (TPSA) is 34.1 Å². The lowest BCUT2D eigenvalue weighted by Crippen LogP contribution is -2.05. The first kappa shape index (κ1) is 9.93. The van der Waals surface area contributed by atoms with Crippen LogP contribution in [-0.2, 0) is 14.7 Å². The van der Waals surface area contributed by atoms with Crippen LogP contribution in [0.3, 0.4) is 0 Å². The molecule has 0 saturated heterocycles. The van der Waals surface area contributed by atoms with Crippen molar-refractivity contribution in [1.29, 1.82) is 0 Å². The van der Waals surface area contributed by atoms with Gasteiger partial charge in [0.15, 0.2) is 0 Å². The third-order valence-corrected chi connectivity index (χ3v) is 3.70. The Balaban J connectivity index is 2.61. The first-order valence-electron chi connectivity index (χ1n) is 4.17. The lowest BCUT2D eigenvalue weighted by molar-refractivity contribution is 0.312. The highest BCUT2D eigenvalue weighted by molar-refractivity contribution is 8.13. The first-order valence-corrected chi connectivity index (χ1v) is 6.47. The van der Waals surface area contributed by atoms with Crippen molar-refractivity contribution in [3.63, 3.8) is 0 Å². The van der Waals surface area contributed by atoms with E-state index in [4.69, 9.17) is 10.7 Å². The molecule has 14 heavy (non-hydrogen) atoms. The Morgan fingerprint density at radius 3 is 2.36 bits per heavy atom. The van der Waals surface area contributed by atoms with Gasteiger partial charge in [0.1, 0.15) is 5.67 Å². The lowest BCUT2D eigenvalue weighted by atomic mass is 10.1. The fraction of sp³-hybridized carbons (Fsp3) is 0.333. The monoisotopic (exact) mass is 234 g/mol. The second-order valence-corrected chi connectivity index (χ2v) is 5.93. The van der Waals surface area contributed by atoms with E-state index in [-0.39, 0.29) is 10.5 Å². The van der Waals surface area contributed by atoms with E-state index >= 15 is 0 Å². The molecular weight excluding hydrogens is 227 g/mol. The van der Waals surface area contributed by atoms with Gasteiger partial charge >= 0.3 is 0 Å². The van der Waals surface area contributed by atoms with E-state index in [1.165, 1.54) is 18.2 Å². The Labute approximate surface area is 86.1 Å². The SMILES string of the molecule is O=S(=O)(Cl)c1ccccc1C1(F)CC1. The van der Waals surface area contributed by atoms with Gasteiger partial charge in [0.05, 0.1) is 4.90 Å². The predicted molar refractivity (Wildman–Crippen MR) is 51.5 cm³/mol. The number of rotatable bonds is 2. The summed E-state index contributed by atoms with van der Waals surface area (Å²) in [6, 6.07) is 5.95. The maximum absolute atomic E-state index is 13.7. The van der Waals surface area contributed by atoms with E-state index in [1.54, 1.807) is 6.07 Å². The van der Waals surface area contributed by atoms with E-state index in [1.807, 2.05) is 0 Å². The summed E-state index contributed by atoms with van der Waals surface area (Å²) in [4.78, 5) is -0.110. The summed E-state index contributed by atoms with van der Waals surface area (Å²) in [5.41, 5.74) is -1.28. The van der Waals surface area contributed by atoms with Gasteiger partial charge in [0.2, 0.25) is 0 Å². The summed E-state index contributed by atoms with van der Waals surface area (Å²) in [5.74, 6) is 0. The fourth-order valence-electron chi connectivity index (χ4n) is 1.43. The van der Waals surface area contributed by atoms with Crippen LogP contribution in [0.4, 0.5) is 4.39 Å². The van der Waals surface area contributed by atoms with Crippen molar-refractivity contribution in [3.05, 3.63) is 29.8 Å². The average molecular weight is 235 g/mol. The molecule has 2 rings (SSSR count). The number of halogens is 2. The molecule has 0 spiro atoms. The van der Waals surface area contributed by atoms with Gasteiger partial charge in [0, 0.05) is 16.2 Å². The van der Waals surface area contributed by atoms with Crippen molar-refractivity contribution in [3.8, 4) is 0 Å². The lowest BCUT2D eigenvalue weighted by Gasteiger charge is -2.09. The van der Waals surface area contributed by atoms with Crippen LogP contribution in [0.2, 0.25) is 0 Å². The van der Waals surface area contributed by atoms with E-state index in [2.05, 4.69) is 0 Å². The maximum Gasteiger partial charge on any atom is 0.261 e. The first-order chi connectivity index (χ1) is 6.43. The van der Waals surface area contributed by atoms with Gasteiger partial charge in [-0.1, -0.05) is 18.2 Å². The summed E-state index contributed by atoms with van der Waals surface area (Å²) in [6.07, 6.45) is 0.743. The van der Waals surface area contributed by atoms with Crippen molar-refractivity contribution >= 4 is 19.7 Å². The Kier molecular flexibility index (Phi) is 2.08. The zero-order valence-electron chi connectivity index (χ0n) is 7.20. The van der Waals surface area contributed by atoms with E-state index in [0.29, 0.717) is 12.8 Å². The molecule has 0 radical (unpaired) electrons. The van der Waals surface area contributed by atoms with E-state index < -0.39 is 14.7 Å². The molecule has 1 saturated carbocycles. The summed E-state index contributed by atoms with van der Waals surface area (Å²) in [5, 5.41) is 0. The van der Waals surface area contributed by atoms with Crippen molar-refractivity contribution in [2.45, 2.75) is 23.4 Å². The molecular formula is C9H8ClFO2S. The van der Waals surface area contributed by atoms with Gasteiger partial charge in [-0.25, -0.2) is 12.8 Å². The van der Waals surface area contributed by atoms with Crippen LogP contribution in [0.25, 0.3) is 0 Å². The van der Waals surface area contributed by atoms with Gasteiger partial charge in [-0.15, -0.1) is 0 Å². The molecule has 5 heteroatoms. The number of alkyl halides is 1. The van der Waals surface area contributed by atoms with Crippen LogP contribution >= 0.6 is 10.7 Å². The summed E-state index contributed by atoms with van der Waals surface area (Å²) in [6.45, 7) is 0. The van der Waals surface area contributed by atoms with Crippen LogP contribution in [0, 0.1) is 0 Å². The molecule has 0 N–H and O–H groups in total. The highest BCUT2D eigenvalue weighted by atomic mass is 35.7. The van der Waals surface area contributed by atoms with Gasteiger partial charge in [0.25, 0.3) is 9.05 Å². The Bertz CT molecular complexity index is 465. The van der Waals surface area contributed by atoms with Crippen molar-refractivity contribution < 1.29 is 12.8 Å². The third-order valence-electron chi connectivity index (χ3n) is 2.32. The van der Waals surface area contributed by atoms with Crippen LogP contribution in [-0.4, -0.2) is 8.42 Å². The Hall–Kier alpha value is -0.610. The summed E-state index contributed by atoms with van der Waals surface area (Å²) in [7, 11) is 1.36. The Morgan fingerprint density at radius 1 is 1.29 bits per heavy atom. The molecule has 1 aliphatic rings. The van der Waals surface area contributed by atoms with Gasteiger partial charge in [-0.2, -0.15) is 0 Å². The fourth-order valence-corrected chi connectivity index (χ4v) is 2.59. The molecule has 0 atom stereocenters. The minimum Gasteiger partial charge on any atom is -0.239 e. The second kappa shape index (κ2) is 2.94. The molecule has 0 unspecified atom stereocenters. The van der Waals surface area contributed by atoms with Crippen LogP contribution < -0.4 is 0 Å². The molecule has 1 aromatic rings. The summed E-state index contributed by atoms with van der Waals surface area (Å²) >= 11 is 0. The standard InChI is InChI=1S/C9H8ClFO2S/c10-14(12,13)8-4-2-1-3-7(8)9(11)5-6-9/h1-4H,5-6H2. The minimum absolute atomic E-state index is 0.110. The molecule has 76 valence electrons. The van der Waals surface area contributed by atoms with Crippen LogP contribution in [0.15, 0.2) is 29.2 Å². The number of benzene rings is 1. The van der Waals surface area contributed by atoms with E-state index in [9.17, 15) is 12.8 Å². The number of hydrogen-bond acceptors (Lipinski definition) is 2. The largest absolute Gasteiger partial charge is 0.261 e. The predicted octanol–water partition coefficient (Wildman–Crippen LogP) is 2.57. The normalized spacial score (nSPS) is 19.3. The highest BCUT2D eigenvalue weighted by Crippen LogP contribution is 2.51. The quantitative estimate of drug-likeness (QED) is 0.737. The molecule has 1 aromatic carbocycles. The van der Waals surface area contributed by atoms with Gasteiger partial charge in [-0.05, 0) is 18.9 Å².